The van der Waals surface area contributed by atoms with E-state index < -0.39 is 0 Å². The van der Waals surface area contributed by atoms with Crippen LogP contribution in [0.15, 0.2) is 48.5 Å². The molecule has 162 valence electrons. The van der Waals surface area contributed by atoms with E-state index in [1.807, 2.05) is 55.5 Å². The van der Waals surface area contributed by atoms with Crippen LogP contribution in [-0.4, -0.2) is 36.5 Å². The quantitative estimate of drug-likeness (QED) is 0.635. The highest BCUT2D eigenvalue weighted by Crippen LogP contribution is 2.21. The van der Waals surface area contributed by atoms with Crippen LogP contribution >= 0.6 is 12.4 Å². The molecular formula is C23H31ClN4O2. The van der Waals surface area contributed by atoms with Crippen molar-refractivity contribution in [3.8, 4) is 0 Å². The van der Waals surface area contributed by atoms with E-state index in [-0.39, 0.29) is 30.3 Å². The Kier molecular flexibility index (Phi) is 9.15. The summed E-state index contributed by atoms with van der Waals surface area (Å²) in [6.07, 6.45) is 1.61. The summed E-state index contributed by atoms with van der Waals surface area (Å²) in [5, 5.41) is 9.24. The van der Waals surface area contributed by atoms with Gasteiger partial charge in [0.15, 0.2) is 0 Å². The van der Waals surface area contributed by atoms with E-state index in [0.29, 0.717) is 13.1 Å². The Morgan fingerprint density at radius 1 is 1.07 bits per heavy atom. The first kappa shape index (κ1) is 23.7. The summed E-state index contributed by atoms with van der Waals surface area (Å²) in [7, 11) is 0. The zero-order valence-corrected chi connectivity index (χ0v) is 18.4. The van der Waals surface area contributed by atoms with Crippen LogP contribution in [0.1, 0.15) is 30.9 Å². The number of piperidine rings is 1. The minimum Gasteiger partial charge on any atom is -0.326 e. The molecule has 3 amide bonds. The molecule has 6 nitrogen and oxygen atoms in total. The van der Waals surface area contributed by atoms with E-state index in [0.717, 1.165) is 48.4 Å². The molecule has 0 aliphatic carbocycles. The van der Waals surface area contributed by atoms with Gasteiger partial charge in [0, 0.05) is 31.0 Å². The smallest absolute Gasteiger partial charge is 0.321 e. The van der Waals surface area contributed by atoms with E-state index in [9.17, 15) is 9.59 Å². The van der Waals surface area contributed by atoms with Gasteiger partial charge >= 0.3 is 6.03 Å². The summed E-state index contributed by atoms with van der Waals surface area (Å²) in [5.41, 5.74) is 3.80. The Balaban J connectivity index is 0.00000320. The molecular weight excluding hydrogens is 400 g/mol. The molecule has 3 N–H and O–H groups in total. The minimum absolute atomic E-state index is 0. The van der Waals surface area contributed by atoms with Crippen LogP contribution in [0, 0.1) is 12.8 Å². The molecule has 1 aliphatic heterocycles. The Morgan fingerprint density at radius 2 is 1.80 bits per heavy atom. The summed E-state index contributed by atoms with van der Waals surface area (Å²) in [5.74, 6) is -0.233. The lowest BCUT2D eigenvalue weighted by atomic mass is 9.97. The van der Waals surface area contributed by atoms with Crippen molar-refractivity contribution in [1.82, 2.24) is 10.2 Å². The van der Waals surface area contributed by atoms with Gasteiger partial charge in [-0.3, -0.25) is 4.79 Å². The average molecular weight is 431 g/mol. The number of rotatable bonds is 6. The second-order valence-corrected chi connectivity index (χ2v) is 7.55. The predicted octanol–water partition coefficient (Wildman–Crippen LogP) is 4.41. The molecule has 1 aliphatic rings. The van der Waals surface area contributed by atoms with E-state index in [1.54, 1.807) is 4.90 Å². The SMILES string of the molecule is CCNCc1cccc(NC(=O)C2CCCN(C(=O)Nc3cccc(C)c3)C2)c1.Cl. The highest BCUT2D eigenvalue weighted by Gasteiger charge is 2.28. The molecule has 7 heteroatoms. The topological polar surface area (TPSA) is 73.5 Å². The summed E-state index contributed by atoms with van der Waals surface area (Å²) in [4.78, 5) is 27.1. The predicted molar refractivity (Wildman–Crippen MR) is 124 cm³/mol. The van der Waals surface area contributed by atoms with Crippen molar-refractivity contribution in [2.45, 2.75) is 33.2 Å². The third-order valence-corrected chi connectivity index (χ3v) is 5.12. The fourth-order valence-electron chi connectivity index (χ4n) is 3.57. The van der Waals surface area contributed by atoms with Crippen molar-refractivity contribution in [3.63, 3.8) is 0 Å². The van der Waals surface area contributed by atoms with Crippen molar-refractivity contribution >= 4 is 35.7 Å². The first-order valence-corrected chi connectivity index (χ1v) is 10.3. The molecule has 1 saturated heterocycles. The fraction of sp³-hybridized carbons (Fsp3) is 0.391. The second kappa shape index (κ2) is 11.6. The molecule has 1 atom stereocenters. The van der Waals surface area contributed by atoms with Crippen LogP contribution in [0.5, 0.6) is 0 Å². The van der Waals surface area contributed by atoms with Gasteiger partial charge in [0.1, 0.15) is 0 Å². The van der Waals surface area contributed by atoms with Crippen LogP contribution < -0.4 is 16.0 Å². The molecule has 0 bridgehead atoms. The van der Waals surface area contributed by atoms with Crippen molar-refractivity contribution in [2.24, 2.45) is 5.92 Å². The minimum atomic E-state index is -0.204. The van der Waals surface area contributed by atoms with Crippen molar-refractivity contribution in [1.29, 1.82) is 0 Å². The number of aryl methyl sites for hydroxylation is 1. The number of likely N-dealkylation sites (tertiary alicyclic amines) is 1. The third-order valence-electron chi connectivity index (χ3n) is 5.12. The number of benzene rings is 2. The monoisotopic (exact) mass is 430 g/mol. The molecule has 2 aromatic rings. The lowest BCUT2D eigenvalue weighted by molar-refractivity contribution is -0.121. The molecule has 0 saturated carbocycles. The number of hydrogen-bond acceptors (Lipinski definition) is 3. The molecule has 1 fully saturated rings. The maximum atomic E-state index is 12.8. The highest BCUT2D eigenvalue weighted by atomic mass is 35.5. The normalized spacial score (nSPS) is 15.8. The van der Waals surface area contributed by atoms with Crippen LogP contribution in [0.2, 0.25) is 0 Å². The molecule has 30 heavy (non-hydrogen) atoms. The molecule has 0 spiro atoms. The summed E-state index contributed by atoms with van der Waals surface area (Å²) < 4.78 is 0. The maximum Gasteiger partial charge on any atom is 0.321 e. The van der Waals surface area contributed by atoms with Gasteiger partial charge in [-0.25, -0.2) is 4.79 Å². The first-order chi connectivity index (χ1) is 14.0. The number of amides is 3. The van der Waals surface area contributed by atoms with Crippen LogP contribution in [-0.2, 0) is 11.3 Å². The highest BCUT2D eigenvalue weighted by molar-refractivity contribution is 5.94. The average Bonchev–Trinajstić information content (AvgIpc) is 2.72. The summed E-state index contributed by atoms with van der Waals surface area (Å²) >= 11 is 0. The van der Waals surface area contributed by atoms with Gasteiger partial charge in [0.2, 0.25) is 5.91 Å². The van der Waals surface area contributed by atoms with E-state index >= 15 is 0 Å². The van der Waals surface area contributed by atoms with Crippen LogP contribution in [0.3, 0.4) is 0 Å². The lowest BCUT2D eigenvalue weighted by Gasteiger charge is -2.32. The zero-order chi connectivity index (χ0) is 20.6. The van der Waals surface area contributed by atoms with Gasteiger partial charge in [-0.2, -0.15) is 0 Å². The van der Waals surface area contributed by atoms with Gasteiger partial charge in [-0.05, 0) is 61.7 Å². The molecule has 1 unspecified atom stereocenters. The largest absolute Gasteiger partial charge is 0.326 e. The number of urea groups is 1. The number of carbonyl (C=O) groups is 2. The van der Waals surface area contributed by atoms with Gasteiger partial charge in [-0.1, -0.05) is 31.2 Å². The van der Waals surface area contributed by atoms with Gasteiger partial charge in [-0.15, -0.1) is 12.4 Å². The van der Waals surface area contributed by atoms with Gasteiger partial charge in [0.25, 0.3) is 0 Å². The molecule has 2 aromatic carbocycles. The number of anilines is 2. The number of carbonyl (C=O) groups excluding carboxylic acids is 2. The van der Waals surface area contributed by atoms with Gasteiger partial charge in [0.05, 0.1) is 5.92 Å². The Bertz CT molecular complexity index is 859. The zero-order valence-electron chi connectivity index (χ0n) is 17.6. The third kappa shape index (κ3) is 6.75. The molecule has 3 rings (SSSR count). The Morgan fingerprint density at radius 3 is 2.53 bits per heavy atom. The van der Waals surface area contributed by atoms with E-state index in [1.165, 1.54) is 0 Å². The Hall–Kier alpha value is -2.57. The summed E-state index contributed by atoms with van der Waals surface area (Å²) in [6.45, 7) is 6.83. The fourth-order valence-corrected chi connectivity index (χ4v) is 3.57. The van der Waals surface area contributed by atoms with Crippen molar-refractivity contribution in [3.05, 3.63) is 59.7 Å². The first-order valence-electron chi connectivity index (χ1n) is 10.3. The van der Waals surface area contributed by atoms with Crippen LogP contribution in [0.4, 0.5) is 16.2 Å². The van der Waals surface area contributed by atoms with Crippen molar-refractivity contribution < 1.29 is 9.59 Å². The number of nitrogens with one attached hydrogen (secondary N) is 3. The summed E-state index contributed by atoms with van der Waals surface area (Å²) in [6, 6.07) is 15.4. The Labute approximate surface area is 184 Å². The molecule has 0 aromatic heterocycles. The van der Waals surface area contributed by atoms with E-state index in [2.05, 4.69) is 22.9 Å². The number of hydrogen-bond donors (Lipinski definition) is 3. The second-order valence-electron chi connectivity index (χ2n) is 7.55. The van der Waals surface area contributed by atoms with Gasteiger partial charge < -0.3 is 20.9 Å². The molecule has 1 heterocycles. The van der Waals surface area contributed by atoms with Crippen LogP contribution in [0.25, 0.3) is 0 Å². The maximum absolute atomic E-state index is 12.8. The molecule has 0 radical (unpaired) electrons. The van der Waals surface area contributed by atoms with Crippen molar-refractivity contribution in [2.75, 3.05) is 30.3 Å². The van der Waals surface area contributed by atoms with E-state index in [4.69, 9.17) is 0 Å². The standard InChI is InChI=1S/C23H30N4O2.ClH/c1-3-24-15-18-8-5-11-21(14-18)25-22(28)19-9-6-12-27(16-19)23(29)26-20-10-4-7-17(2)13-20;/h4-5,7-8,10-11,13-14,19,24H,3,6,9,12,15-16H2,1-2H3,(H,25,28)(H,26,29);1H. The number of nitrogens with zero attached hydrogens (tertiary/aromatic N) is 1. The lowest BCUT2D eigenvalue weighted by Crippen LogP contribution is -2.45. The number of halogens is 1.